The van der Waals surface area contributed by atoms with Crippen LogP contribution in [0.5, 0.6) is 0 Å². The van der Waals surface area contributed by atoms with Crippen molar-refractivity contribution >= 4 is 11.7 Å². The van der Waals surface area contributed by atoms with Crippen molar-refractivity contribution in [2.75, 3.05) is 18.5 Å². The number of nitrogens with one attached hydrogen (secondary N) is 1. The molecule has 0 aliphatic rings. The second-order valence-corrected chi connectivity index (χ2v) is 2.86. The number of ether oxygens (including phenoxy) is 1. The summed E-state index contributed by atoms with van der Waals surface area (Å²) < 4.78 is 4.59. The van der Waals surface area contributed by atoms with Gasteiger partial charge in [0.05, 0.1) is 6.42 Å². The number of anilines is 1. The lowest BCUT2D eigenvalue weighted by atomic mass is 10.3. The summed E-state index contributed by atoms with van der Waals surface area (Å²) in [7, 11) is 0. The highest BCUT2D eigenvalue weighted by atomic mass is 16.5. The van der Waals surface area contributed by atoms with Gasteiger partial charge in [-0.15, -0.1) is 0 Å². The molecule has 0 unspecified atom stereocenters. The van der Waals surface area contributed by atoms with Crippen LogP contribution in [0.1, 0.15) is 6.42 Å². The number of carbonyl (C=O) groups is 1. The van der Waals surface area contributed by atoms with Crippen LogP contribution in [-0.2, 0) is 9.53 Å². The van der Waals surface area contributed by atoms with Gasteiger partial charge >= 0.3 is 5.97 Å². The summed E-state index contributed by atoms with van der Waals surface area (Å²) in [5, 5.41) is 11.2. The number of hydrogen-bond donors (Lipinski definition) is 1. The second kappa shape index (κ2) is 6.44. The van der Waals surface area contributed by atoms with Crippen LogP contribution in [0, 0.1) is 11.3 Å². The summed E-state index contributed by atoms with van der Waals surface area (Å²) in [6.07, 6.45) is 0.260. The van der Waals surface area contributed by atoms with Crippen LogP contribution >= 0.6 is 0 Å². The highest BCUT2D eigenvalue weighted by molar-refractivity contribution is 5.70. The average molecular weight is 204 g/mol. The maximum absolute atomic E-state index is 11.0. The van der Waals surface area contributed by atoms with Crippen molar-refractivity contribution in [3.05, 3.63) is 30.3 Å². The van der Waals surface area contributed by atoms with Gasteiger partial charge in [-0.05, 0) is 12.1 Å². The van der Waals surface area contributed by atoms with Gasteiger partial charge in [0.25, 0.3) is 0 Å². The van der Waals surface area contributed by atoms with Gasteiger partial charge in [0.1, 0.15) is 6.07 Å². The number of esters is 1. The summed E-state index contributed by atoms with van der Waals surface area (Å²) in [5.74, 6) is -0.361. The number of benzene rings is 1. The Morgan fingerprint density at radius 1 is 1.40 bits per heavy atom. The van der Waals surface area contributed by atoms with Gasteiger partial charge < -0.3 is 10.1 Å². The maximum atomic E-state index is 11.0. The fourth-order valence-corrected chi connectivity index (χ4v) is 1.05. The van der Waals surface area contributed by atoms with Crippen molar-refractivity contribution in [2.24, 2.45) is 0 Å². The van der Waals surface area contributed by atoms with E-state index in [0.717, 1.165) is 5.69 Å². The highest BCUT2D eigenvalue weighted by Crippen LogP contribution is 2.04. The minimum absolute atomic E-state index is 0.176. The van der Waals surface area contributed by atoms with E-state index in [2.05, 4.69) is 10.1 Å². The third-order valence-corrected chi connectivity index (χ3v) is 1.73. The zero-order valence-corrected chi connectivity index (χ0v) is 8.27. The Labute approximate surface area is 88.5 Å². The Morgan fingerprint density at radius 2 is 2.13 bits per heavy atom. The molecular formula is C11H12N2O2. The molecule has 0 aliphatic heterocycles. The zero-order chi connectivity index (χ0) is 10.9. The predicted octanol–water partition coefficient (Wildman–Crippen LogP) is 1.56. The first-order valence-corrected chi connectivity index (χ1v) is 4.64. The van der Waals surface area contributed by atoms with Gasteiger partial charge in [0.2, 0.25) is 0 Å². The van der Waals surface area contributed by atoms with E-state index in [9.17, 15) is 4.79 Å². The molecule has 0 saturated carbocycles. The summed E-state index contributed by atoms with van der Waals surface area (Å²) in [4.78, 5) is 11.0. The average Bonchev–Trinajstić information content (AvgIpc) is 2.28. The summed E-state index contributed by atoms with van der Waals surface area (Å²) >= 11 is 0. The Morgan fingerprint density at radius 3 is 2.80 bits per heavy atom. The molecule has 0 aliphatic carbocycles. The normalized spacial score (nSPS) is 9.00. The van der Waals surface area contributed by atoms with Gasteiger partial charge in [0.15, 0.2) is 6.61 Å². The Kier molecular flexibility index (Phi) is 4.74. The number of hydrogen-bond acceptors (Lipinski definition) is 4. The van der Waals surface area contributed by atoms with Crippen molar-refractivity contribution in [1.82, 2.24) is 0 Å². The topological polar surface area (TPSA) is 62.1 Å². The van der Waals surface area contributed by atoms with Crippen molar-refractivity contribution in [2.45, 2.75) is 6.42 Å². The fraction of sp³-hybridized carbons (Fsp3) is 0.273. The van der Waals surface area contributed by atoms with Gasteiger partial charge in [-0.2, -0.15) is 5.26 Å². The van der Waals surface area contributed by atoms with Gasteiger partial charge in [-0.25, -0.2) is 0 Å². The molecule has 4 nitrogen and oxygen atoms in total. The molecule has 0 saturated heterocycles. The first-order valence-electron chi connectivity index (χ1n) is 4.64. The molecule has 1 aromatic carbocycles. The van der Waals surface area contributed by atoms with Crippen LogP contribution in [0.25, 0.3) is 0 Å². The maximum Gasteiger partial charge on any atom is 0.308 e. The van der Waals surface area contributed by atoms with Crippen molar-refractivity contribution in [3.63, 3.8) is 0 Å². The molecule has 0 atom stereocenters. The van der Waals surface area contributed by atoms with Crippen molar-refractivity contribution < 1.29 is 9.53 Å². The number of para-hydroxylation sites is 1. The smallest absolute Gasteiger partial charge is 0.308 e. The van der Waals surface area contributed by atoms with Crippen LogP contribution in [0.4, 0.5) is 5.69 Å². The van der Waals surface area contributed by atoms with E-state index in [4.69, 9.17) is 5.26 Å². The van der Waals surface area contributed by atoms with Crippen LogP contribution in [0.2, 0.25) is 0 Å². The van der Waals surface area contributed by atoms with Gasteiger partial charge in [0, 0.05) is 12.2 Å². The van der Waals surface area contributed by atoms with Crippen LogP contribution in [0.3, 0.4) is 0 Å². The summed E-state index contributed by atoms with van der Waals surface area (Å²) in [6.45, 7) is 0.332. The number of nitrogens with zero attached hydrogens (tertiary/aromatic N) is 1. The lowest BCUT2D eigenvalue weighted by molar-refractivity contribution is -0.141. The number of nitriles is 1. The Balaban J connectivity index is 2.17. The molecule has 1 N–H and O–H groups in total. The first kappa shape index (κ1) is 11.1. The SMILES string of the molecule is N#CCOC(=O)CCNc1ccccc1. The molecule has 0 spiro atoms. The molecule has 78 valence electrons. The van der Waals surface area contributed by atoms with E-state index in [0.29, 0.717) is 6.54 Å². The van der Waals surface area contributed by atoms with Crippen molar-refractivity contribution in [3.8, 4) is 6.07 Å². The standard InChI is InChI=1S/C11H12N2O2/c12-7-9-15-11(14)6-8-13-10-4-2-1-3-5-10/h1-5,13H,6,8-9H2. The van der Waals surface area contributed by atoms with E-state index < -0.39 is 0 Å². The lowest BCUT2D eigenvalue weighted by Gasteiger charge is -2.04. The second-order valence-electron chi connectivity index (χ2n) is 2.86. The van der Waals surface area contributed by atoms with E-state index in [1.807, 2.05) is 30.3 Å². The Hall–Kier alpha value is -2.02. The Bertz CT molecular complexity index is 343. The zero-order valence-electron chi connectivity index (χ0n) is 8.27. The summed E-state index contributed by atoms with van der Waals surface area (Å²) in [5.41, 5.74) is 0.964. The molecule has 0 heterocycles. The molecule has 0 bridgehead atoms. The monoisotopic (exact) mass is 204 g/mol. The van der Waals surface area contributed by atoms with Crippen LogP contribution in [-0.4, -0.2) is 19.1 Å². The molecule has 1 aromatic rings. The lowest BCUT2D eigenvalue weighted by Crippen LogP contribution is -2.11. The van der Waals surface area contributed by atoms with E-state index >= 15 is 0 Å². The molecule has 0 amide bonds. The van der Waals surface area contributed by atoms with Crippen LogP contribution < -0.4 is 5.32 Å². The predicted molar refractivity (Wildman–Crippen MR) is 56.1 cm³/mol. The number of carbonyl (C=O) groups excluding carboxylic acids is 1. The first-order chi connectivity index (χ1) is 7.33. The third-order valence-electron chi connectivity index (χ3n) is 1.73. The molecule has 4 heteroatoms. The minimum Gasteiger partial charge on any atom is -0.450 e. The molecule has 15 heavy (non-hydrogen) atoms. The fourth-order valence-electron chi connectivity index (χ4n) is 1.05. The summed E-state index contributed by atoms with van der Waals surface area (Å²) in [6, 6.07) is 11.3. The molecule has 1 rings (SSSR count). The van der Waals surface area contributed by atoms with Crippen LogP contribution in [0.15, 0.2) is 30.3 Å². The molecular weight excluding hydrogens is 192 g/mol. The third kappa shape index (κ3) is 4.67. The van der Waals surface area contributed by atoms with E-state index in [1.165, 1.54) is 0 Å². The quantitative estimate of drug-likeness (QED) is 0.739. The van der Waals surface area contributed by atoms with E-state index in [1.54, 1.807) is 6.07 Å². The van der Waals surface area contributed by atoms with E-state index in [-0.39, 0.29) is 19.0 Å². The minimum atomic E-state index is -0.361. The van der Waals surface area contributed by atoms with Gasteiger partial charge in [-0.1, -0.05) is 18.2 Å². The molecule has 0 radical (unpaired) electrons. The molecule has 0 aromatic heterocycles. The van der Waals surface area contributed by atoms with Gasteiger partial charge in [-0.3, -0.25) is 4.79 Å². The molecule has 0 fully saturated rings. The van der Waals surface area contributed by atoms with Crippen molar-refractivity contribution in [1.29, 1.82) is 5.26 Å². The highest BCUT2D eigenvalue weighted by Gasteiger charge is 2.00. The number of rotatable bonds is 5. The largest absolute Gasteiger partial charge is 0.450 e.